The molecular formula is C25H24N2O5. The summed E-state index contributed by atoms with van der Waals surface area (Å²) in [5.74, 6) is -1.03. The second-order valence-electron chi connectivity index (χ2n) is 8.93. The lowest BCUT2D eigenvalue weighted by atomic mass is 9.81. The third-order valence-corrected chi connectivity index (χ3v) is 6.96. The molecule has 7 nitrogen and oxygen atoms in total. The Bertz CT molecular complexity index is 1060. The summed E-state index contributed by atoms with van der Waals surface area (Å²) in [7, 11) is 0. The van der Waals surface area contributed by atoms with Crippen LogP contribution in [0.15, 0.2) is 48.5 Å². The van der Waals surface area contributed by atoms with Gasteiger partial charge in [-0.3, -0.25) is 19.3 Å². The molecule has 0 unspecified atom stereocenters. The lowest BCUT2D eigenvalue weighted by Gasteiger charge is -2.19. The van der Waals surface area contributed by atoms with Gasteiger partial charge >= 0.3 is 5.97 Å². The summed E-state index contributed by atoms with van der Waals surface area (Å²) >= 11 is 0. The molecule has 0 spiro atoms. The summed E-state index contributed by atoms with van der Waals surface area (Å²) < 4.78 is 5.09. The van der Waals surface area contributed by atoms with Crippen LogP contribution in [0.5, 0.6) is 0 Å². The van der Waals surface area contributed by atoms with Gasteiger partial charge < -0.3 is 10.1 Å². The van der Waals surface area contributed by atoms with Crippen molar-refractivity contribution in [1.29, 1.82) is 0 Å². The largest absolute Gasteiger partial charge is 0.452 e. The van der Waals surface area contributed by atoms with Gasteiger partial charge in [0.25, 0.3) is 5.91 Å². The van der Waals surface area contributed by atoms with Gasteiger partial charge in [0.05, 0.1) is 23.1 Å². The molecule has 2 aliphatic carbocycles. The van der Waals surface area contributed by atoms with Crippen LogP contribution in [0.25, 0.3) is 0 Å². The molecule has 5 rings (SSSR count). The molecule has 2 aromatic rings. The van der Waals surface area contributed by atoms with Crippen LogP contribution in [0.3, 0.4) is 0 Å². The lowest BCUT2D eigenvalue weighted by molar-refractivity contribution is -0.123. The van der Waals surface area contributed by atoms with Gasteiger partial charge in [-0.15, -0.1) is 0 Å². The minimum absolute atomic E-state index is 0.115. The summed E-state index contributed by atoms with van der Waals surface area (Å²) in [6.45, 7) is 1.54. The Morgan fingerprint density at radius 1 is 0.938 bits per heavy atom. The SMILES string of the molecule is Cc1ccc(NC(=O)COC(=O)c2ccc(N3C(=O)[C@@H]4[C@H]5CC[C@@H](C5)[C@@H]4C3=O)cc2)cc1. The molecule has 2 bridgehead atoms. The number of fused-ring (bicyclic) bond motifs is 5. The second kappa shape index (κ2) is 7.89. The number of amides is 3. The monoisotopic (exact) mass is 432 g/mol. The topological polar surface area (TPSA) is 92.8 Å². The first-order valence-electron chi connectivity index (χ1n) is 10.9. The summed E-state index contributed by atoms with van der Waals surface area (Å²) in [6, 6.07) is 13.5. The molecule has 1 heterocycles. The van der Waals surface area contributed by atoms with Crippen molar-refractivity contribution in [1.82, 2.24) is 0 Å². The first-order valence-corrected chi connectivity index (χ1v) is 10.9. The number of nitrogens with one attached hydrogen (secondary N) is 1. The number of aryl methyl sites for hydroxylation is 1. The van der Waals surface area contributed by atoms with Gasteiger partial charge in [-0.2, -0.15) is 0 Å². The molecule has 2 aromatic carbocycles. The van der Waals surface area contributed by atoms with Gasteiger partial charge in [0, 0.05) is 5.69 Å². The molecule has 32 heavy (non-hydrogen) atoms. The standard InChI is InChI=1S/C25H24N2O5/c1-14-2-8-18(9-3-14)26-20(28)13-32-25(31)15-6-10-19(11-7-15)27-23(29)21-16-4-5-17(12-16)22(21)24(27)30/h2-3,6-11,16-17,21-22H,4-5,12-13H2,1H3,(H,26,28)/t16-,17-,21-,22+/m0/s1. The zero-order valence-corrected chi connectivity index (χ0v) is 17.7. The fourth-order valence-electron chi connectivity index (χ4n) is 5.46. The zero-order chi connectivity index (χ0) is 22.4. The van der Waals surface area contributed by atoms with Crippen LogP contribution in [0.4, 0.5) is 11.4 Å². The number of carbonyl (C=O) groups is 4. The summed E-state index contributed by atoms with van der Waals surface area (Å²) in [4.78, 5) is 51.5. The van der Waals surface area contributed by atoms with Crippen molar-refractivity contribution in [2.45, 2.75) is 26.2 Å². The number of anilines is 2. The number of benzene rings is 2. The Labute approximate surface area is 185 Å². The first-order chi connectivity index (χ1) is 15.4. The van der Waals surface area contributed by atoms with Gasteiger partial charge in [-0.25, -0.2) is 4.79 Å². The molecule has 164 valence electrons. The van der Waals surface area contributed by atoms with Gasteiger partial charge in [0.1, 0.15) is 0 Å². The fourth-order valence-corrected chi connectivity index (χ4v) is 5.46. The van der Waals surface area contributed by atoms with Crippen molar-refractivity contribution in [3.63, 3.8) is 0 Å². The predicted molar refractivity (Wildman–Crippen MR) is 117 cm³/mol. The van der Waals surface area contributed by atoms with Crippen molar-refractivity contribution in [3.05, 3.63) is 59.7 Å². The van der Waals surface area contributed by atoms with Crippen LogP contribution in [-0.4, -0.2) is 30.3 Å². The van der Waals surface area contributed by atoms with Gasteiger partial charge in [-0.1, -0.05) is 17.7 Å². The number of hydrogen-bond acceptors (Lipinski definition) is 5. The highest BCUT2D eigenvalue weighted by Crippen LogP contribution is 2.56. The molecule has 3 aliphatic rings. The van der Waals surface area contributed by atoms with E-state index < -0.39 is 18.5 Å². The number of carbonyl (C=O) groups excluding carboxylic acids is 4. The van der Waals surface area contributed by atoms with Crippen molar-refractivity contribution in [2.75, 3.05) is 16.8 Å². The molecule has 0 aromatic heterocycles. The van der Waals surface area contributed by atoms with Crippen molar-refractivity contribution < 1.29 is 23.9 Å². The second-order valence-corrected chi connectivity index (χ2v) is 8.93. The molecule has 3 fully saturated rings. The number of nitrogens with zero attached hydrogens (tertiary/aromatic N) is 1. The molecular weight excluding hydrogens is 408 g/mol. The van der Waals surface area contributed by atoms with E-state index in [4.69, 9.17) is 4.74 Å². The summed E-state index contributed by atoms with van der Waals surface area (Å²) in [5, 5.41) is 2.67. The Kier molecular flexibility index (Phi) is 5.04. The fraction of sp³-hybridized carbons (Fsp3) is 0.360. The maximum atomic E-state index is 12.9. The molecule has 3 amide bonds. The van der Waals surface area contributed by atoms with E-state index in [9.17, 15) is 19.2 Å². The Morgan fingerprint density at radius 3 is 2.12 bits per heavy atom. The molecule has 7 heteroatoms. The molecule has 4 atom stereocenters. The number of imide groups is 1. The van der Waals surface area contributed by atoms with E-state index >= 15 is 0 Å². The molecule has 1 saturated heterocycles. The molecule has 2 saturated carbocycles. The maximum absolute atomic E-state index is 12.9. The summed E-state index contributed by atoms with van der Waals surface area (Å²) in [5.41, 5.74) is 2.42. The number of ether oxygens (including phenoxy) is 1. The molecule has 1 aliphatic heterocycles. The highest BCUT2D eigenvalue weighted by Gasteiger charge is 2.61. The van der Waals surface area contributed by atoms with Gasteiger partial charge in [0.2, 0.25) is 11.8 Å². The molecule has 1 N–H and O–H groups in total. The van der Waals surface area contributed by atoms with E-state index in [0.717, 1.165) is 24.8 Å². The van der Waals surface area contributed by atoms with Gasteiger partial charge in [-0.05, 0) is 74.4 Å². The number of hydrogen-bond donors (Lipinski definition) is 1. The smallest absolute Gasteiger partial charge is 0.338 e. The van der Waals surface area contributed by atoms with Crippen LogP contribution in [0.1, 0.15) is 35.2 Å². The zero-order valence-electron chi connectivity index (χ0n) is 17.7. The Morgan fingerprint density at radius 2 is 1.53 bits per heavy atom. The Hall–Kier alpha value is -3.48. The third kappa shape index (κ3) is 3.47. The highest BCUT2D eigenvalue weighted by atomic mass is 16.5. The van der Waals surface area contributed by atoms with E-state index in [1.165, 1.54) is 17.0 Å². The minimum atomic E-state index is -0.649. The average molecular weight is 432 g/mol. The quantitative estimate of drug-likeness (QED) is 0.578. The number of esters is 1. The van der Waals surface area contributed by atoms with Crippen molar-refractivity contribution >= 4 is 35.1 Å². The third-order valence-electron chi connectivity index (χ3n) is 6.96. The number of rotatable bonds is 5. The van der Waals surface area contributed by atoms with E-state index in [-0.39, 0.29) is 29.2 Å². The van der Waals surface area contributed by atoms with Crippen LogP contribution in [0, 0.1) is 30.6 Å². The minimum Gasteiger partial charge on any atom is -0.452 e. The first kappa shape index (κ1) is 20.4. The molecule has 0 radical (unpaired) electrons. The summed E-state index contributed by atoms with van der Waals surface area (Å²) in [6.07, 6.45) is 3.05. The average Bonchev–Trinajstić information content (AvgIpc) is 3.47. The van der Waals surface area contributed by atoms with E-state index in [1.807, 2.05) is 19.1 Å². The van der Waals surface area contributed by atoms with Crippen LogP contribution in [0.2, 0.25) is 0 Å². The van der Waals surface area contributed by atoms with Crippen LogP contribution >= 0.6 is 0 Å². The van der Waals surface area contributed by atoms with Crippen molar-refractivity contribution in [3.8, 4) is 0 Å². The lowest BCUT2D eigenvalue weighted by Crippen LogP contribution is -2.32. The Balaban J connectivity index is 1.20. The van der Waals surface area contributed by atoms with E-state index in [0.29, 0.717) is 23.2 Å². The highest BCUT2D eigenvalue weighted by molar-refractivity contribution is 6.22. The van der Waals surface area contributed by atoms with Crippen LogP contribution in [-0.2, 0) is 19.1 Å². The van der Waals surface area contributed by atoms with E-state index in [1.54, 1.807) is 24.3 Å². The maximum Gasteiger partial charge on any atom is 0.338 e. The van der Waals surface area contributed by atoms with Gasteiger partial charge in [0.15, 0.2) is 6.61 Å². The normalized spacial score (nSPS) is 25.7. The van der Waals surface area contributed by atoms with E-state index in [2.05, 4.69) is 5.32 Å². The van der Waals surface area contributed by atoms with Crippen molar-refractivity contribution in [2.24, 2.45) is 23.7 Å². The van der Waals surface area contributed by atoms with Crippen LogP contribution < -0.4 is 10.2 Å². The predicted octanol–water partition coefficient (Wildman–Crippen LogP) is 3.33.